The summed E-state index contributed by atoms with van der Waals surface area (Å²) in [5.41, 5.74) is 1.81. The predicted molar refractivity (Wildman–Crippen MR) is 65.6 cm³/mol. The van der Waals surface area contributed by atoms with Gasteiger partial charge in [-0.05, 0) is 18.4 Å². The smallest absolute Gasteiger partial charge is 0.168 e. The van der Waals surface area contributed by atoms with Gasteiger partial charge in [-0.25, -0.2) is 4.98 Å². The Morgan fingerprint density at radius 1 is 1.19 bits per heavy atom. The van der Waals surface area contributed by atoms with Crippen molar-refractivity contribution in [3.63, 3.8) is 0 Å². The molecule has 0 spiro atoms. The lowest BCUT2D eigenvalue weighted by molar-refractivity contribution is 0.409. The number of fused-ring (bicyclic) bond motifs is 1. The molecule has 2 aromatic rings. The second-order valence-electron chi connectivity index (χ2n) is 3.32. The molecular formula is C11H14N2O2S. The summed E-state index contributed by atoms with van der Waals surface area (Å²) in [6.45, 7) is 0. The molecule has 0 aliphatic rings. The van der Waals surface area contributed by atoms with Gasteiger partial charge in [-0.3, -0.25) is 0 Å². The Kier molecular flexibility index (Phi) is 2.96. The molecule has 5 heteroatoms. The maximum Gasteiger partial charge on any atom is 0.168 e. The summed E-state index contributed by atoms with van der Waals surface area (Å²) in [7, 11) is 5.28. The number of rotatable bonds is 3. The van der Waals surface area contributed by atoms with Gasteiger partial charge >= 0.3 is 0 Å². The lowest BCUT2D eigenvalue weighted by Gasteiger charge is -2.06. The maximum atomic E-state index is 5.34. The van der Waals surface area contributed by atoms with E-state index >= 15 is 0 Å². The molecule has 0 saturated carbocycles. The first-order valence-electron chi connectivity index (χ1n) is 4.84. The quantitative estimate of drug-likeness (QED) is 0.769. The highest BCUT2D eigenvalue weighted by Gasteiger charge is 2.15. The van der Waals surface area contributed by atoms with E-state index in [-0.39, 0.29) is 0 Å². The zero-order valence-corrected chi connectivity index (χ0v) is 10.6. The van der Waals surface area contributed by atoms with Crippen LogP contribution in [0.15, 0.2) is 17.3 Å². The molecule has 2 rings (SSSR count). The molecule has 4 nitrogen and oxygen atoms in total. The third-order valence-corrected chi connectivity index (χ3v) is 3.26. The lowest BCUT2D eigenvalue weighted by atomic mass is 10.2. The van der Waals surface area contributed by atoms with Crippen LogP contribution in [-0.2, 0) is 7.05 Å². The second kappa shape index (κ2) is 4.25. The summed E-state index contributed by atoms with van der Waals surface area (Å²) in [6.07, 6.45) is 2.00. The van der Waals surface area contributed by atoms with Crippen molar-refractivity contribution in [1.82, 2.24) is 9.55 Å². The monoisotopic (exact) mass is 238 g/mol. The van der Waals surface area contributed by atoms with Gasteiger partial charge in [0, 0.05) is 7.05 Å². The molecule has 0 unspecified atom stereocenters. The van der Waals surface area contributed by atoms with Gasteiger partial charge in [0.2, 0.25) is 0 Å². The van der Waals surface area contributed by atoms with Crippen molar-refractivity contribution in [3.8, 4) is 11.5 Å². The standard InChI is InChI=1S/C11H14N2O2S/c1-13-10-8(15-3)6-5-7(14-2)9(10)12-11(13)16-4/h5-6H,1-4H3. The van der Waals surface area contributed by atoms with Gasteiger partial charge in [-0.2, -0.15) is 0 Å². The van der Waals surface area contributed by atoms with Gasteiger partial charge in [-0.1, -0.05) is 11.8 Å². The molecule has 16 heavy (non-hydrogen) atoms. The van der Waals surface area contributed by atoms with E-state index in [9.17, 15) is 0 Å². The first kappa shape index (κ1) is 11.1. The number of imidazole rings is 1. The van der Waals surface area contributed by atoms with Gasteiger partial charge in [0.1, 0.15) is 22.5 Å². The molecular weight excluding hydrogens is 224 g/mol. The van der Waals surface area contributed by atoms with Gasteiger partial charge in [0.05, 0.1) is 14.2 Å². The fourth-order valence-corrected chi connectivity index (χ4v) is 2.30. The van der Waals surface area contributed by atoms with Gasteiger partial charge < -0.3 is 14.0 Å². The van der Waals surface area contributed by atoms with Crippen LogP contribution in [0.1, 0.15) is 0 Å². The Balaban J connectivity index is 2.82. The number of methoxy groups -OCH3 is 2. The van der Waals surface area contributed by atoms with Gasteiger partial charge in [0.15, 0.2) is 5.16 Å². The molecule has 0 fully saturated rings. The van der Waals surface area contributed by atoms with Gasteiger partial charge in [-0.15, -0.1) is 0 Å². The molecule has 0 N–H and O–H groups in total. The molecule has 0 radical (unpaired) electrons. The van der Waals surface area contributed by atoms with Crippen molar-refractivity contribution in [2.24, 2.45) is 7.05 Å². The molecule has 86 valence electrons. The summed E-state index contributed by atoms with van der Waals surface area (Å²) in [5, 5.41) is 0.942. The van der Waals surface area contributed by atoms with Crippen molar-refractivity contribution < 1.29 is 9.47 Å². The van der Waals surface area contributed by atoms with Gasteiger partial charge in [0.25, 0.3) is 0 Å². The largest absolute Gasteiger partial charge is 0.494 e. The Labute approximate surface area is 98.6 Å². The lowest BCUT2D eigenvalue weighted by Crippen LogP contribution is -1.93. The average Bonchev–Trinajstić information content (AvgIpc) is 2.66. The van der Waals surface area contributed by atoms with Crippen molar-refractivity contribution in [2.75, 3.05) is 20.5 Å². The van der Waals surface area contributed by atoms with Crippen LogP contribution in [0.25, 0.3) is 11.0 Å². The van der Waals surface area contributed by atoms with E-state index in [1.807, 2.05) is 30.0 Å². The minimum atomic E-state index is 0.770. The van der Waals surface area contributed by atoms with E-state index < -0.39 is 0 Å². The molecule has 0 aliphatic heterocycles. The number of hydrogen-bond donors (Lipinski definition) is 0. The fourth-order valence-electron chi connectivity index (χ4n) is 1.75. The highest BCUT2D eigenvalue weighted by molar-refractivity contribution is 7.98. The fraction of sp³-hybridized carbons (Fsp3) is 0.364. The third kappa shape index (κ3) is 1.51. The number of aryl methyl sites for hydroxylation is 1. The summed E-state index contributed by atoms with van der Waals surface area (Å²) in [4.78, 5) is 4.53. The molecule has 1 heterocycles. The average molecular weight is 238 g/mol. The highest BCUT2D eigenvalue weighted by atomic mass is 32.2. The first-order valence-corrected chi connectivity index (χ1v) is 6.06. The minimum absolute atomic E-state index is 0.770. The third-order valence-electron chi connectivity index (χ3n) is 2.53. The Morgan fingerprint density at radius 2 is 1.81 bits per heavy atom. The molecule has 0 atom stereocenters. The number of aromatic nitrogens is 2. The van der Waals surface area contributed by atoms with Crippen LogP contribution in [-0.4, -0.2) is 30.0 Å². The number of hydrogen-bond acceptors (Lipinski definition) is 4. The SMILES string of the molecule is COc1ccc(OC)c2c1nc(SC)n2C. The van der Waals surface area contributed by atoms with E-state index in [0.29, 0.717) is 0 Å². The number of thioether (sulfide) groups is 1. The summed E-state index contributed by atoms with van der Waals surface area (Å²) >= 11 is 1.60. The summed E-state index contributed by atoms with van der Waals surface area (Å²) in [5.74, 6) is 1.58. The Bertz CT molecular complexity index is 522. The highest BCUT2D eigenvalue weighted by Crippen LogP contribution is 2.34. The van der Waals surface area contributed by atoms with Crippen LogP contribution in [0, 0.1) is 0 Å². The van der Waals surface area contributed by atoms with E-state index in [1.54, 1.807) is 26.0 Å². The van der Waals surface area contributed by atoms with Crippen LogP contribution < -0.4 is 9.47 Å². The van der Waals surface area contributed by atoms with E-state index in [2.05, 4.69) is 4.98 Å². The van der Waals surface area contributed by atoms with Crippen molar-refractivity contribution in [3.05, 3.63) is 12.1 Å². The van der Waals surface area contributed by atoms with E-state index in [0.717, 1.165) is 27.7 Å². The van der Waals surface area contributed by atoms with Crippen molar-refractivity contribution in [1.29, 1.82) is 0 Å². The number of nitrogens with zero attached hydrogens (tertiary/aromatic N) is 2. The summed E-state index contributed by atoms with van der Waals surface area (Å²) < 4.78 is 12.7. The molecule has 0 aliphatic carbocycles. The zero-order chi connectivity index (χ0) is 11.7. The molecule has 0 amide bonds. The summed E-state index contributed by atoms with van der Waals surface area (Å²) in [6, 6.07) is 3.77. The normalized spacial score (nSPS) is 10.8. The number of benzene rings is 1. The second-order valence-corrected chi connectivity index (χ2v) is 4.10. The number of ether oxygens (including phenoxy) is 2. The van der Waals surface area contributed by atoms with Crippen LogP contribution >= 0.6 is 11.8 Å². The van der Waals surface area contributed by atoms with Crippen molar-refractivity contribution in [2.45, 2.75) is 5.16 Å². The van der Waals surface area contributed by atoms with Crippen molar-refractivity contribution >= 4 is 22.8 Å². The molecule has 0 bridgehead atoms. The van der Waals surface area contributed by atoms with Crippen LogP contribution in [0.3, 0.4) is 0 Å². The van der Waals surface area contributed by atoms with Crippen LogP contribution in [0.4, 0.5) is 0 Å². The molecule has 1 aromatic carbocycles. The maximum absolute atomic E-state index is 5.34. The Hall–Kier alpha value is -1.36. The van der Waals surface area contributed by atoms with Crippen LogP contribution in [0.2, 0.25) is 0 Å². The Morgan fingerprint density at radius 3 is 2.38 bits per heavy atom. The van der Waals surface area contributed by atoms with E-state index in [4.69, 9.17) is 9.47 Å². The van der Waals surface area contributed by atoms with E-state index in [1.165, 1.54) is 0 Å². The molecule has 0 saturated heterocycles. The topological polar surface area (TPSA) is 36.3 Å². The minimum Gasteiger partial charge on any atom is -0.494 e. The van der Waals surface area contributed by atoms with Crippen LogP contribution in [0.5, 0.6) is 11.5 Å². The predicted octanol–water partition coefficient (Wildman–Crippen LogP) is 2.31. The zero-order valence-electron chi connectivity index (χ0n) is 9.77. The molecule has 1 aromatic heterocycles. The first-order chi connectivity index (χ1) is 7.72.